The summed E-state index contributed by atoms with van der Waals surface area (Å²) in [5.74, 6) is -0.394. The van der Waals surface area contributed by atoms with E-state index in [1.807, 2.05) is 0 Å². The van der Waals surface area contributed by atoms with Gasteiger partial charge in [-0.15, -0.1) is 0 Å². The van der Waals surface area contributed by atoms with Crippen molar-refractivity contribution in [2.75, 3.05) is 39.9 Å². The van der Waals surface area contributed by atoms with Gasteiger partial charge in [-0.3, -0.25) is 4.79 Å². The predicted molar refractivity (Wildman–Crippen MR) is 80.0 cm³/mol. The largest absolute Gasteiger partial charge is 0.385 e. The molecule has 1 fully saturated rings. The topological polar surface area (TPSA) is 63.0 Å². The number of carbonyl (C=O) groups is 1. The van der Waals surface area contributed by atoms with Gasteiger partial charge in [0, 0.05) is 32.1 Å². The van der Waals surface area contributed by atoms with Crippen LogP contribution < -0.4 is 10.2 Å². The summed E-state index contributed by atoms with van der Waals surface area (Å²) < 4.78 is 18.7. The summed E-state index contributed by atoms with van der Waals surface area (Å²) in [4.78, 5) is 12.9. The van der Waals surface area contributed by atoms with Gasteiger partial charge in [-0.25, -0.2) is 4.39 Å². The molecule has 2 rings (SSSR count). The minimum absolute atomic E-state index is 0.0246. The second kappa shape index (κ2) is 7.67. The molecule has 0 spiro atoms. The van der Waals surface area contributed by atoms with Gasteiger partial charge < -0.3 is 20.1 Å². The number of ether oxygens (including phenoxy) is 1. The van der Waals surface area contributed by atoms with Crippen LogP contribution in [0.15, 0.2) is 24.3 Å². The normalized spacial score (nSPS) is 25.0. The molecule has 1 aromatic carbocycles. The first-order chi connectivity index (χ1) is 10.5. The number of hydrogen-bond donors (Lipinski definition) is 3. The maximum Gasteiger partial charge on any atom is 0.275 e. The number of benzene rings is 1. The molecule has 1 heterocycles. The fraction of sp³-hybridized carbons (Fsp3) is 0.562. The van der Waals surface area contributed by atoms with E-state index in [9.17, 15) is 14.3 Å². The molecule has 6 heteroatoms. The Kier molecular flexibility index (Phi) is 5.88. The third-order valence-electron chi connectivity index (χ3n) is 4.20. The second-order valence-electron chi connectivity index (χ2n) is 5.78. The van der Waals surface area contributed by atoms with Crippen LogP contribution in [0.25, 0.3) is 0 Å². The number of rotatable bonds is 6. The Morgan fingerprint density at radius 1 is 1.41 bits per heavy atom. The van der Waals surface area contributed by atoms with Crippen LogP contribution in [0.1, 0.15) is 18.4 Å². The van der Waals surface area contributed by atoms with E-state index < -0.39 is 5.60 Å². The monoisotopic (exact) mass is 311 g/mol. The zero-order chi connectivity index (χ0) is 16.0. The number of amides is 1. The SMILES string of the molecule is COCCNC(=O)C[NH+]1CCC(O)(c2ccccc2F)CC1. The van der Waals surface area contributed by atoms with E-state index in [2.05, 4.69) is 5.32 Å². The number of halogens is 1. The molecule has 1 aromatic rings. The molecule has 0 saturated carbocycles. The number of nitrogens with one attached hydrogen (secondary N) is 2. The Hall–Kier alpha value is -1.50. The summed E-state index contributed by atoms with van der Waals surface area (Å²) in [7, 11) is 1.59. The zero-order valence-corrected chi connectivity index (χ0v) is 12.9. The molecule has 5 nitrogen and oxygen atoms in total. The Labute approximate surface area is 130 Å². The summed E-state index contributed by atoms with van der Waals surface area (Å²) in [5.41, 5.74) is -0.764. The van der Waals surface area contributed by atoms with Gasteiger partial charge in [-0.05, 0) is 6.07 Å². The van der Waals surface area contributed by atoms with Gasteiger partial charge in [0.15, 0.2) is 6.54 Å². The molecule has 0 unspecified atom stereocenters. The molecular weight excluding hydrogens is 287 g/mol. The maximum absolute atomic E-state index is 13.9. The quantitative estimate of drug-likeness (QED) is 0.618. The van der Waals surface area contributed by atoms with Crippen LogP contribution in [0.2, 0.25) is 0 Å². The Balaban J connectivity index is 1.85. The standard InChI is InChI=1S/C16H23FN2O3/c1-22-11-8-18-15(20)12-19-9-6-16(21,7-10-19)13-4-2-3-5-14(13)17/h2-5,21H,6-12H2,1H3,(H,18,20)/p+1. The van der Waals surface area contributed by atoms with Gasteiger partial charge in [0.1, 0.15) is 11.4 Å². The van der Waals surface area contributed by atoms with Gasteiger partial charge in [0.05, 0.1) is 19.7 Å². The van der Waals surface area contributed by atoms with E-state index in [1.54, 1.807) is 25.3 Å². The van der Waals surface area contributed by atoms with Gasteiger partial charge >= 0.3 is 0 Å². The summed E-state index contributed by atoms with van der Waals surface area (Å²) in [5, 5.41) is 13.5. The minimum atomic E-state index is -1.12. The molecule has 122 valence electrons. The summed E-state index contributed by atoms with van der Waals surface area (Å²) >= 11 is 0. The lowest BCUT2D eigenvalue weighted by atomic mass is 9.84. The summed E-state index contributed by atoms with van der Waals surface area (Å²) in [6.45, 7) is 2.65. The van der Waals surface area contributed by atoms with Crippen molar-refractivity contribution >= 4 is 5.91 Å². The number of hydrogen-bond acceptors (Lipinski definition) is 3. The highest BCUT2D eigenvalue weighted by Crippen LogP contribution is 2.30. The average molecular weight is 311 g/mol. The van der Waals surface area contributed by atoms with Gasteiger partial charge in [-0.1, -0.05) is 18.2 Å². The van der Waals surface area contributed by atoms with Crippen molar-refractivity contribution < 1.29 is 23.9 Å². The fourth-order valence-corrected chi connectivity index (χ4v) is 2.88. The first kappa shape index (κ1) is 16.9. The molecule has 0 bridgehead atoms. The lowest BCUT2D eigenvalue weighted by Crippen LogP contribution is -3.14. The van der Waals surface area contributed by atoms with Crippen LogP contribution in [-0.4, -0.2) is 50.9 Å². The molecule has 3 N–H and O–H groups in total. The third kappa shape index (κ3) is 4.25. The lowest BCUT2D eigenvalue weighted by molar-refractivity contribution is -0.900. The molecule has 22 heavy (non-hydrogen) atoms. The number of likely N-dealkylation sites (tertiary alicyclic amines) is 1. The molecule has 1 aliphatic heterocycles. The first-order valence-corrected chi connectivity index (χ1v) is 7.62. The number of piperidine rings is 1. The van der Waals surface area contributed by atoms with E-state index in [0.717, 1.165) is 4.90 Å². The van der Waals surface area contributed by atoms with Crippen LogP contribution >= 0.6 is 0 Å². The molecule has 1 amide bonds. The van der Waals surface area contributed by atoms with Crippen LogP contribution in [-0.2, 0) is 15.1 Å². The Morgan fingerprint density at radius 3 is 2.73 bits per heavy atom. The van der Waals surface area contributed by atoms with E-state index >= 15 is 0 Å². The molecule has 1 saturated heterocycles. The van der Waals surface area contributed by atoms with Crippen molar-refractivity contribution in [3.05, 3.63) is 35.6 Å². The average Bonchev–Trinajstić information content (AvgIpc) is 2.50. The van der Waals surface area contributed by atoms with E-state index in [0.29, 0.717) is 51.2 Å². The van der Waals surface area contributed by atoms with E-state index in [-0.39, 0.29) is 11.7 Å². The van der Waals surface area contributed by atoms with Crippen molar-refractivity contribution in [1.29, 1.82) is 0 Å². The molecule has 0 radical (unpaired) electrons. The van der Waals surface area contributed by atoms with Crippen LogP contribution in [0.3, 0.4) is 0 Å². The van der Waals surface area contributed by atoms with Crippen molar-refractivity contribution in [2.45, 2.75) is 18.4 Å². The summed E-state index contributed by atoms with van der Waals surface area (Å²) in [6, 6.07) is 6.36. The van der Waals surface area contributed by atoms with Crippen LogP contribution in [0.4, 0.5) is 4.39 Å². The van der Waals surface area contributed by atoms with E-state index in [4.69, 9.17) is 4.74 Å². The van der Waals surface area contributed by atoms with E-state index in [1.165, 1.54) is 6.07 Å². The zero-order valence-electron chi connectivity index (χ0n) is 12.9. The molecule has 0 aromatic heterocycles. The summed E-state index contributed by atoms with van der Waals surface area (Å²) in [6.07, 6.45) is 0.906. The van der Waals surface area contributed by atoms with Gasteiger partial charge in [0.25, 0.3) is 5.91 Å². The molecule has 0 aliphatic carbocycles. The Bertz CT molecular complexity index is 502. The molecule has 1 aliphatic rings. The van der Waals surface area contributed by atoms with Crippen LogP contribution in [0.5, 0.6) is 0 Å². The number of carbonyl (C=O) groups excluding carboxylic acids is 1. The van der Waals surface area contributed by atoms with Crippen LogP contribution in [0, 0.1) is 5.82 Å². The smallest absolute Gasteiger partial charge is 0.275 e. The number of methoxy groups -OCH3 is 1. The highest BCUT2D eigenvalue weighted by atomic mass is 19.1. The maximum atomic E-state index is 13.9. The van der Waals surface area contributed by atoms with Gasteiger partial charge in [-0.2, -0.15) is 0 Å². The fourth-order valence-electron chi connectivity index (χ4n) is 2.88. The predicted octanol–water partition coefficient (Wildman–Crippen LogP) is -0.545. The molecule has 0 atom stereocenters. The van der Waals surface area contributed by atoms with Crippen molar-refractivity contribution in [1.82, 2.24) is 5.32 Å². The first-order valence-electron chi connectivity index (χ1n) is 7.62. The molecular formula is C16H24FN2O3+. The van der Waals surface area contributed by atoms with Crippen molar-refractivity contribution in [3.63, 3.8) is 0 Å². The number of aliphatic hydroxyl groups is 1. The highest BCUT2D eigenvalue weighted by molar-refractivity contribution is 5.76. The van der Waals surface area contributed by atoms with Crippen molar-refractivity contribution in [2.24, 2.45) is 0 Å². The van der Waals surface area contributed by atoms with Gasteiger partial charge in [0.2, 0.25) is 0 Å². The second-order valence-corrected chi connectivity index (χ2v) is 5.78. The number of quaternary nitrogens is 1. The lowest BCUT2D eigenvalue weighted by Gasteiger charge is -2.36. The minimum Gasteiger partial charge on any atom is -0.385 e. The highest BCUT2D eigenvalue weighted by Gasteiger charge is 2.38. The Morgan fingerprint density at radius 2 is 2.09 bits per heavy atom. The van der Waals surface area contributed by atoms with Crippen molar-refractivity contribution in [3.8, 4) is 0 Å². The third-order valence-corrected chi connectivity index (χ3v) is 4.20.